The Morgan fingerprint density at radius 1 is 1.00 bits per heavy atom. The fourth-order valence-electron chi connectivity index (χ4n) is 2.34. The smallest absolute Gasteiger partial charge is 0.0842 e. The summed E-state index contributed by atoms with van der Waals surface area (Å²) in [5.74, 6) is 0.973. The summed E-state index contributed by atoms with van der Waals surface area (Å²) in [6, 6.07) is 21.0. The molecule has 0 amide bonds. The van der Waals surface area contributed by atoms with Gasteiger partial charge >= 0.3 is 0 Å². The Morgan fingerprint density at radius 3 is 2.41 bits per heavy atom. The molecule has 0 fully saturated rings. The summed E-state index contributed by atoms with van der Waals surface area (Å²) in [6.07, 6.45) is 9.59. The molecule has 1 nitrogen and oxygen atoms in total. The Hall–Kier alpha value is -2.06. The molecule has 0 heterocycles. The zero-order valence-corrected chi connectivity index (χ0v) is 13.2. The van der Waals surface area contributed by atoms with Crippen molar-refractivity contribution in [2.24, 2.45) is 4.99 Å². The number of allylic oxidation sites excluding steroid dienone is 4. The van der Waals surface area contributed by atoms with Crippen LogP contribution in [0.15, 0.2) is 88.8 Å². The lowest BCUT2D eigenvalue weighted by Gasteiger charge is -2.13. The van der Waals surface area contributed by atoms with Crippen LogP contribution < -0.4 is 0 Å². The van der Waals surface area contributed by atoms with E-state index in [9.17, 15) is 0 Å². The normalized spacial score (nSPS) is 15.2. The molecule has 110 valence electrons. The number of benzene rings is 2. The molecular weight excluding hydrogens is 286 g/mol. The van der Waals surface area contributed by atoms with Crippen molar-refractivity contribution in [3.8, 4) is 0 Å². The summed E-state index contributed by atoms with van der Waals surface area (Å²) in [5, 5.41) is 0. The van der Waals surface area contributed by atoms with Gasteiger partial charge in [-0.15, -0.1) is 11.8 Å². The monoisotopic (exact) mass is 305 g/mol. The highest BCUT2D eigenvalue weighted by Crippen LogP contribution is 2.30. The van der Waals surface area contributed by atoms with Gasteiger partial charge in [-0.25, -0.2) is 0 Å². The van der Waals surface area contributed by atoms with Crippen molar-refractivity contribution in [3.05, 3.63) is 94.9 Å². The number of nitrogens with zero attached hydrogens (tertiary/aromatic N) is 1. The first-order valence-electron chi connectivity index (χ1n) is 7.53. The van der Waals surface area contributed by atoms with E-state index in [0.29, 0.717) is 0 Å². The number of rotatable bonds is 6. The van der Waals surface area contributed by atoms with Crippen LogP contribution in [0, 0.1) is 0 Å². The molecule has 0 bridgehead atoms. The Balaban J connectivity index is 1.72. The van der Waals surface area contributed by atoms with Crippen LogP contribution in [0.1, 0.15) is 23.6 Å². The van der Waals surface area contributed by atoms with Gasteiger partial charge in [0.15, 0.2) is 0 Å². The van der Waals surface area contributed by atoms with Crippen LogP contribution >= 0.6 is 11.8 Å². The van der Waals surface area contributed by atoms with Crippen LogP contribution in [-0.4, -0.2) is 12.0 Å². The molecule has 1 aliphatic carbocycles. The van der Waals surface area contributed by atoms with E-state index in [1.165, 1.54) is 10.5 Å². The van der Waals surface area contributed by atoms with Gasteiger partial charge < -0.3 is 0 Å². The third-order valence-corrected chi connectivity index (χ3v) is 4.71. The molecule has 3 rings (SSSR count). The molecule has 0 N–H and O–H groups in total. The maximum atomic E-state index is 4.83. The summed E-state index contributed by atoms with van der Waals surface area (Å²) >= 11 is 1.91. The van der Waals surface area contributed by atoms with Crippen molar-refractivity contribution in [2.45, 2.75) is 12.5 Å². The van der Waals surface area contributed by atoms with Gasteiger partial charge in [0.1, 0.15) is 0 Å². The molecule has 1 aliphatic rings. The highest BCUT2D eigenvalue weighted by atomic mass is 32.2. The number of thioether (sulfide) groups is 1. The van der Waals surface area contributed by atoms with Crippen molar-refractivity contribution < 1.29 is 0 Å². The summed E-state index contributed by atoms with van der Waals surface area (Å²) in [5.41, 5.74) is 2.42. The van der Waals surface area contributed by atoms with Gasteiger partial charge in [0.05, 0.1) is 6.04 Å². The molecule has 0 spiro atoms. The van der Waals surface area contributed by atoms with Gasteiger partial charge in [-0.1, -0.05) is 78.9 Å². The molecule has 2 heteroatoms. The van der Waals surface area contributed by atoms with Gasteiger partial charge in [0, 0.05) is 12.0 Å². The van der Waals surface area contributed by atoms with Crippen LogP contribution in [0.5, 0.6) is 0 Å². The molecule has 0 saturated heterocycles. The molecule has 0 aromatic heterocycles. The summed E-state index contributed by atoms with van der Waals surface area (Å²) in [4.78, 5) is 6.26. The van der Waals surface area contributed by atoms with Gasteiger partial charge in [-0.05, 0) is 22.5 Å². The molecule has 22 heavy (non-hydrogen) atoms. The maximum absolute atomic E-state index is 4.83. The average molecular weight is 305 g/mol. The Morgan fingerprint density at radius 2 is 1.73 bits per heavy atom. The van der Waals surface area contributed by atoms with Crippen molar-refractivity contribution in [1.82, 2.24) is 0 Å². The minimum absolute atomic E-state index is 0.188. The zero-order valence-electron chi connectivity index (χ0n) is 12.4. The quantitative estimate of drug-likeness (QED) is 0.649. The molecule has 0 saturated carbocycles. The Bertz CT molecular complexity index is 671. The van der Waals surface area contributed by atoms with Crippen molar-refractivity contribution in [1.29, 1.82) is 0 Å². The van der Waals surface area contributed by atoms with Gasteiger partial charge in [0.2, 0.25) is 0 Å². The van der Waals surface area contributed by atoms with Gasteiger partial charge in [-0.2, -0.15) is 0 Å². The van der Waals surface area contributed by atoms with E-state index in [0.717, 1.165) is 17.7 Å². The van der Waals surface area contributed by atoms with Crippen LogP contribution in [0.4, 0.5) is 0 Å². The third-order valence-electron chi connectivity index (χ3n) is 3.55. The number of hydrogen-bond donors (Lipinski definition) is 0. The van der Waals surface area contributed by atoms with Crippen LogP contribution in [0.25, 0.3) is 0 Å². The first-order chi connectivity index (χ1) is 10.9. The van der Waals surface area contributed by atoms with Crippen molar-refractivity contribution >= 4 is 18.0 Å². The predicted octanol–water partition coefficient (Wildman–Crippen LogP) is 5.42. The second kappa shape index (κ2) is 7.81. The standard InChI is InChI=1S/C20H19NS/c1-3-9-17(10-4-1)15-21-20(18-11-5-2-6-12-18)16-22-19-13-7-8-14-19/h1-13,15,20H,14,16H2/t20-/m1/s1. The second-order valence-electron chi connectivity index (χ2n) is 5.19. The van der Waals surface area contributed by atoms with E-state index in [-0.39, 0.29) is 6.04 Å². The molecule has 1 atom stereocenters. The summed E-state index contributed by atoms with van der Waals surface area (Å²) in [6.45, 7) is 0. The van der Waals surface area contributed by atoms with E-state index >= 15 is 0 Å². The lowest BCUT2D eigenvalue weighted by atomic mass is 10.1. The summed E-state index contributed by atoms with van der Waals surface area (Å²) < 4.78 is 0. The highest BCUT2D eigenvalue weighted by Gasteiger charge is 2.11. The van der Waals surface area contributed by atoms with Crippen molar-refractivity contribution in [2.75, 3.05) is 5.75 Å². The molecule has 2 aromatic carbocycles. The highest BCUT2D eigenvalue weighted by molar-refractivity contribution is 8.03. The number of hydrogen-bond acceptors (Lipinski definition) is 2. The molecule has 0 aliphatic heterocycles. The first kappa shape index (κ1) is 14.9. The van der Waals surface area contributed by atoms with E-state index in [1.54, 1.807) is 0 Å². The van der Waals surface area contributed by atoms with E-state index in [4.69, 9.17) is 4.99 Å². The lowest BCUT2D eigenvalue weighted by molar-refractivity contribution is 0.839. The average Bonchev–Trinajstić information content (AvgIpc) is 3.10. The van der Waals surface area contributed by atoms with Gasteiger partial charge in [0.25, 0.3) is 0 Å². The molecule has 0 unspecified atom stereocenters. The third kappa shape index (κ3) is 4.22. The Labute approximate surface area is 136 Å². The minimum Gasteiger partial charge on any atom is -0.284 e. The topological polar surface area (TPSA) is 12.4 Å². The molecular formula is C20H19NS. The first-order valence-corrected chi connectivity index (χ1v) is 8.52. The maximum Gasteiger partial charge on any atom is 0.0842 e. The number of aliphatic imine (C=N–C) groups is 1. The predicted molar refractivity (Wildman–Crippen MR) is 97.5 cm³/mol. The zero-order chi connectivity index (χ0) is 15.0. The van der Waals surface area contributed by atoms with Crippen LogP contribution in [0.3, 0.4) is 0 Å². The molecule has 0 radical (unpaired) electrons. The van der Waals surface area contributed by atoms with Crippen LogP contribution in [0.2, 0.25) is 0 Å². The van der Waals surface area contributed by atoms with E-state index < -0.39 is 0 Å². The lowest BCUT2D eigenvalue weighted by Crippen LogP contribution is -2.00. The minimum atomic E-state index is 0.188. The largest absolute Gasteiger partial charge is 0.284 e. The van der Waals surface area contributed by atoms with E-state index in [2.05, 4.69) is 60.7 Å². The molecule has 2 aromatic rings. The Kier molecular flexibility index (Phi) is 5.27. The van der Waals surface area contributed by atoms with E-state index in [1.807, 2.05) is 36.2 Å². The fourth-order valence-corrected chi connectivity index (χ4v) is 3.38. The second-order valence-corrected chi connectivity index (χ2v) is 6.34. The van der Waals surface area contributed by atoms with Crippen molar-refractivity contribution in [3.63, 3.8) is 0 Å². The fraction of sp³-hybridized carbons (Fsp3) is 0.150. The summed E-state index contributed by atoms with van der Waals surface area (Å²) in [7, 11) is 0. The van der Waals surface area contributed by atoms with Crippen LogP contribution in [-0.2, 0) is 0 Å². The van der Waals surface area contributed by atoms with Gasteiger partial charge in [-0.3, -0.25) is 4.99 Å². The SMILES string of the molecule is C1=CCC(SC[C@@H](N=Cc2ccccc2)c2ccccc2)=C1.